The fraction of sp³-hybridized carbons (Fsp3) is 0.429. The Kier molecular flexibility index (Phi) is 8.83. The molecule has 3 N–H and O–H groups in total. The van der Waals surface area contributed by atoms with E-state index in [0.29, 0.717) is 83.8 Å². The number of hydrogen-bond donors (Lipinski definition) is 3. The molecule has 0 spiro atoms. The molecule has 0 bridgehead atoms. The molecule has 0 radical (unpaired) electrons. The molecule has 43 heavy (non-hydrogen) atoms. The Morgan fingerprint density at radius 2 is 1.98 bits per heavy atom. The normalized spacial score (nSPS) is 15.1. The van der Waals surface area contributed by atoms with Gasteiger partial charge in [0.15, 0.2) is 17.1 Å². The Labute approximate surface area is 255 Å². The maximum Gasteiger partial charge on any atom is 0.309 e. The van der Waals surface area contributed by atoms with Crippen LogP contribution in [-0.2, 0) is 6.54 Å². The molecule has 1 atom stereocenters. The molecule has 4 aromatic heterocycles. The molecule has 5 heterocycles. The summed E-state index contributed by atoms with van der Waals surface area (Å²) in [5.41, 5.74) is 7.68. The van der Waals surface area contributed by atoms with Gasteiger partial charge in [0, 0.05) is 51.9 Å². The predicted molar refractivity (Wildman–Crippen MR) is 167 cm³/mol. The van der Waals surface area contributed by atoms with Gasteiger partial charge in [-0.25, -0.2) is 9.37 Å². The summed E-state index contributed by atoms with van der Waals surface area (Å²) >= 11 is 5.35. The number of thiazole rings is 1. The lowest BCUT2D eigenvalue weighted by molar-refractivity contribution is 0.170. The summed E-state index contributed by atoms with van der Waals surface area (Å²) in [5.74, 6) is 1.81. The van der Waals surface area contributed by atoms with Gasteiger partial charge in [-0.15, -0.1) is 5.10 Å². The zero-order valence-corrected chi connectivity index (χ0v) is 25.1. The first-order valence-corrected chi connectivity index (χ1v) is 15.6. The quantitative estimate of drug-likeness (QED) is 0.177. The highest BCUT2D eigenvalue weighted by Gasteiger charge is 2.23. The largest absolute Gasteiger partial charge is 0.490 e. The highest BCUT2D eigenvalue weighted by atomic mass is 32.1. The number of hydrogen-bond acceptors (Lipinski definition) is 12. The summed E-state index contributed by atoms with van der Waals surface area (Å²) in [6.45, 7) is 3.90. The van der Waals surface area contributed by atoms with E-state index in [1.165, 1.54) is 16.8 Å². The Bertz CT molecular complexity index is 1750. The lowest BCUT2D eigenvalue weighted by Gasteiger charge is -2.36. The van der Waals surface area contributed by atoms with E-state index in [2.05, 4.69) is 32.6 Å². The van der Waals surface area contributed by atoms with Crippen molar-refractivity contribution in [2.45, 2.75) is 31.9 Å². The molecule has 1 aromatic carbocycles. The number of halogens is 1. The SMILES string of the molecule is Nc1nc2c(sc(=O)n2CCN2CCN(c3ccc(O[C@@H](CCS)CCCO)cc3F)CC2)c2nc(-c3ccco3)nn12. The minimum atomic E-state index is -0.326. The van der Waals surface area contributed by atoms with Crippen LogP contribution in [0.25, 0.3) is 27.6 Å². The topological polar surface area (TPSA) is 140 Å². The second kappa shape index (κ2) is 12.9. The van der Waals surface area contributed by atoms with E-state index in [4.69, 9.17) is 20.0 Å². The zero-order valence-electron chi connectivity index (χ0n) is 23.4. The van der Waals surface area contributed by atoms with Crippen LogP contribution in [0.4, 0.5) is 16.0 Å². The first-order chi connectivity index (χ1) is 20.9. The number of ether oxygens (including phenoxy) is 1. The van der Waals surface area contributed by atoms with E-state index in [9.17, 15) is 4.79 Å². The summed E-state index contributed by atoms with van der Waals surface area (Å²) in [4.78, 5) is 26.2. The van der Waals surface area contributed by atoms with Crippen LogP contribution in [-0.4, -0.2) is 85.3 Å². The van der Waals surface area contributed by atoms with Gasteiger partial charge in [-0.2, -0.15) is 22.1 Å². The number of thiol groups is 1. The Morgan fingerprint density at radius 3 is 2.70 bits per heavy atom. The third-order valence-electron chi connectivity index (χ3n) is 7.57. The van der Waals surface area contributed by atoms with Crippen molar-refractivity contribution in [1.82, 2.24) is 29.0 Å². The molecule has 1 fully saturated rings. The molecule has 0 saturated carbocycles. The maximum atomic E-state index is 15.1. The number of aromatic nitrogens is 5. The van der Waals surface area contributed by atoms with E-state index in [1.807, 2.05) is 4.90 Å². The Morgan fingerprint density at radius 1 is 1.14 bits per heavy atom. The van der Waals surface area contributed by atoms with Crippen molar-refractivity contribution in [2.75, 3.05) is 55.7 Å². The number of piperazine rings is 1. The van der Waals surface area contributed by atoms with E-state index >= 15 is 4.39 Å². The van der Waals surface area contributed by atoms with Crippen molar-refractivity contribution in [3.8, 4) is 17.3 Å². The molecule has 228 valence electrons. The van der Waals surface area contributed by atoms with E-state index < -0.39 is 0 Å². The van der Waals surface area contributed by atoms with Crippen molar-refractivity contribution in [3.05, 3.63) is 52.1 Å². The number of rotatable bonds is 12. The highest BCUT2D eigenvalue weighted by Crippen LogP contribution is 2.28. The second-order valence-corrected chi connectivity index (χ2v) is 11.8. The number of aliphatic hydroxyl groups is 1. The van der Waals surface area contributed by atoms with Crippen molar-refractivity contribution < 1.29 is 18.7 Å². The van der Waals surface area contributed by atoms with Crippen molar-refractivity contribution in [1.29, 1.82) is 0 Å². The molecule has 1 saturated heterocycles. The molecule has 12 nitrogen and oxygen atoms in total. The van der Waals surface area contributed by atoms with Crippen LogP contribution in [0, 0.1) is 5.82 Å². The molecule has 1 aliphatic heterocycles. The summed E-state index contributed by atoms with van der Waals surface area (Å²) < 4.78 is 30.2. The molecule has 15 heteroatoms. The van der Waals surface area contributed by atoms with Gasteiger partial charge in [0.05, 0.1) is 18.1 Å². The van der Waals surface area contributed by atoms with Gasteiger partial charge in [0.25, 0.3) is 0 Å². The summed E-state index contributed by atoms with van der Waals surface area (Å²) in [6.07, 6.45) is 3.47. The van der Waals surface area contributed by atoms with Gasteiger partial charge >= 0.3 is 4.87 Å². The van der Waals surface area contributed by atoms with Gasteiger partial charge in [0.1, 0.15) is 16.3 Å². The number of nitrogen functional groups attached to an aromatic ring is 1. The number of aliphatic hydroxyl groups excluding tert-OH is 1. The van der Waals surface area contributed by atoms with Gasteiger partial charge < -0.3 is 24.9 Å². The summed E-state index contributed by atoms with van der Waals surface area (Å²) in [6, 6.07) is 8.50. The average Bonchev–Trinajstić information content (AvgIpc) is 3.75. The van der Waals surface area contributed by atoms with Crippen LogP contribution in [0.2, 0.25) is 0 Å². The number of anilines is 2. The molecule has 5 aromatic rings. The lowest BCUT2D eigenvalue weighted by atomic mass is 10.1. The Hall–Kier alpha value is -3.66. The second-order valence-electron chi connectivity index (χ2n) is 10.4. The number of nitrogens with zero attached hydrogens (tertiary/aromatic N) is 7. The van der Waals surface area contributed by atoms with Crippen LogP contribution in [0.3, 0.4) is 0 Å². The molecule has 0 amide bonds. The van der Waals surface area contributed by atoms with Gasteiger partial charge in [0.2, 0.25) is 11.8 Å². The van der Waals surface area contributed by atoms with Crippen molar-refractivity contribution in [2.24, 2.45) is 0 Å². The summed E-state index contributed by atoms with van der Waals surface area (Å²) in [5, 5.41) is 13.5. The Balaban J connectivity index is 1.09. The predicted octanol–water partition coefficient (Wildman–Crippen LogP) is 3.14. The van der Waals surface area contributed by atoms with E-state index in [0.717, 1.165) is 30.8 Å². The fourth-order valence-corrected chi connectivity index (χ4v) is 6.55. The lowest BCUT2D eigenvalue weighted by Crippen LogP contribution is -2.47. The van der Waals surface area contributed by atoms with Crippen LogP contribution < -0.4 is 20.2 Å². The van der Waals surface area contributed by atoms with Gasteiger partial charge in [-0.3, -0.25) is 14.3 Å². The monoisotopic (exact) mass is 628 g/mol. The van der Waals surface area contributed by atoms with E-state index in [1.54, 1.807) is 28.8 Å². The maximum absolute atomic E-state index is 15.1. The summed E-state index contributed by atoms with van der Waals surface area (Å²) in [7, 11) is 0. The molecular formula is C28H33FN8O4S2. The van der Waals surface area contributed by atoms with Crippen molar-refractivity contribution >= 4 is 51.6 Å². The first kappa shape index (κ1) is 29.4. The number of nitrogens with two attached hydrogens (primary N) is 1. The molecule has 1 aliphatic rings. The number of benzene rings is 1. The first-order valence-electron chi connectivity index (χ1n) is 14.2. The molecule has 6 rings (SSSR count). The van der Waals surface area contributed by atoms with Crippen LogP contribution in [0.1, 0.15) is 19.3 Å². The van der Waals surface area contributed by atoms with E-state index in [-0.39, 0.29) is 29.3 Å². The minimum absolute atomic E-state index is 0.0955. The third-order valence-corrected chi connectivity index (χ3v) is 8.79. The average molecular weight is 629 g/mol. The zero-order chi connectivity index (χ0) is 29.9. The van der Waals surface area contributed by atoms with Crippen LogP contribution in [0.15, 0.2) is 45.8 Å². The molecule has 0 aliphatic carbocycles. The van der Waals surface area contributed by atoms with Crippen LogP contribution in [0.5, 0.6) is 5.75 Å². The standard InChI is InChI=1S/C28H33FN8O4S2/c29-20-17-19(41-18(7-16-42)3-1-14-38)5-6-21(20)35-11-8-34(9-12-35)10-13-36-25-23(43-28(36)39)26-31-24(22-4-2-15-40-22)33-37(26)27(30)32-25/h2,4-6,15,17-18,38,42H,1,3,7-14,16H2,(H2,30,32)/t18-/m1/s1. The van der Waals surface area contributed by atoms with Gasteiger partial charge in [-0.1, -0.05) is 11.3 Å². The number of furan rings is 1. The fourth-order valence-electron chi connectivity index (χ4n) is 5.32. The molecule has 0 unspecified atom stereocenters. The van der Waals surface area contributed by atoms with Crippen LogP contribution >= 0.6 is 24.0 Å². The van der Waals surface area contributed by atoms with Crippen molar-refractivity contribution in [3.63, 3.8) is 0 Å². The molecular weight excluding hydrogens is 595 g/mol. The smallest absolute Gasteiger partial charge is 0.309 e. The third kappa shape index (κ3) is 6.20. The minimum Gasteiger partial charge on any atom is -0.490 e. The van der Waals surface area contributed by atoms with Gasteiger partial charge in [-0.05, 0) is 49.3 Å². The number of fused-ring (bicyclic) bond motifs is 3. The highest BCUT2D eigenvalue weighted by molar-refractivity contribution is 7.80.